The molecular formula is C23H22F3NO4S. The molecule has 0 saturated carbocycles. The highest BCUT2D eigenvalue weighted by molar-refractivity contribution is 7.90. The van der Waals surface area contributed by atoms with Crippen LogP contribution in [0.15, 0.2) is 48.5 Å². The number of Topliss-reactive ketones (excluding diaryl/α,β-unsaturated/α-hetero) is 1. The monoisotopic (exact) mass is 465 g/mol. The summed E-state index contributed by atoms with van der Waals surface area (Å²) < 4.78 is 73.0. The fraction of sp³-hybridized carbons (Fsp3) is 0.435. The van der Waals surface area contributed by atoms with Crippen LogP contribution in [0.25, 0.3) is 0 Å². The summed E-state index contributed by atoms with van der Waals surface area (Å²) in [4.78, 5) is 11.5. The average molecular weight is 465 g/mol. The second-order valence-electron chi connectivity index (χ2n) is 8.95. The first kappa shape index (κ1) is 21.6. The Kier molecular flexibility index (Phi) is 4.82. The Morgan fingerprint density at radius 1 is 1.19 bits per heavy atom. The van der Waals surface area contributed by atoms with Crippen molar-refractivity contribution in [3.8, 4) is 0 Å². The summed E-state index contributed by atoms with van der Waals surface area (Å²) in [5, 5.41) is -0.682. The topological polar surface area (TPSA) is 63.7 Å². The summed E-state index contributed by atoms with van der Waals surface area (Å²) in [5.41, 5.74) is 0.269. The molecule has 2 aromatic rings. The Morgan fingerprint density at radius 3 is 2.56 bits per heavy atom. The SMILES string of the molecule is CC(=O)c1ccc([C@@H]2C[C@]34CN(Cc5cccc(C(F)(F)F)c5)S(=O)(=O)[C@H]3C[C@@H]2O4)cc1. The summed E-state index contributed by atoms with van der Waals surface area (Å²) in [6, 6.07) is 12.1. The quantitative estimate of drug-likeness (QED) is 0.637. The number of alkyl halides is 3. The third-order valence-corrected chi connectivity index (χ3v) is 9.27. The van der Waals surface area contributed by atoms with Crippen molar-refractivity contribution in [3.05, 3.63) is 70.8 Å². The van der Waals surface area contributed by atoms with E-state index in [1.807, 2.05) is 12.1 Å². The van der Waals surface area contributed by atoms with Gasteiger partial charge in [0.05, 0.1) is 11.7 Å². The smallest absolute Gasteiger partial charge is 0.368 e. The van der Waals surface area contributed by atoms with Crippen LogP contribution in [-0.2, 0) is 27.5 Å². The Labute approximate surface area is 184 Å². The number of hydrogen-bond acceptors (Lipinski definition) is 4. The van der Waals surface area contributed by atoms with E-state index in [1.54, 1.807) is 12.1 Å². The van der Waals surface area contributed by atoms with Gasteiger partial charge in [0, 0.05) is 24.6 Å². The van der Waals surface area contributed by atoms with Gasteiger partial charge in [0.15, 0.2) is 5.78 Å². The van der Waals surface area contributed by atoms with E-state index in [-0.39, 0.29) is 30.9 Å². The van der Waals surface area contributed by atoms with Gasteiger partial charge >= 0.3 is 6.18 Å². The third kappa shape index (κ3) is 3.38. The molecule has 3 fully saturated rings. The Bertz CT molecular complexity index is 1180. The van der Waals surface area contributed by atoms with Crippen molar-refractivity contribution >= 4 is 15.8 Å². The lowest BCUT2D eigenvalue weighted by Crippen LogP contribution is -2.39. The molecule has 3 aliphatic rings. The molecule has 3 heterocycles. The minimum Gasteiger partial charge on any atom is -0.368 e. The number of sulfonamides is 1. The molecule has 0 aliphatic carbocycles. The van der Waals surface area contributed by atoms with Crippen LogP contribution in [0.4, 0.5) is 13.2 Å². The van der Waals surface area contributed by atoms with Crippen molar-refractivity contribution < 1.29 is 31.1 Å². The molecule has 3 saturated heterocycles. The maximum atomic E-state index is 13.2. The van der Waals surface area contributed by atoms with Gasteiger partial charge < -0.3 is 4.74 Å². The number of benzene rings is 2. The van der Waals surface area contributed by atoms with Crippen LogP contribution >= 0.6 is 0 Å². The number of carbonyl (C=O) groups excluding carboxylic acids is 1. The number of rotatable bonds is 4. The molecule has 32 heavy (non-hydrogen) atoms. The van der Waals surface area contributed by atoms with Gasteiger partial charge in [-0.15, -0.1) is 0 Å². The third-order valence-electron chi connectivity index (χ3n) is 6.96. The molecule has 2 aromatic carbocycles. The molecule has 0 amide bonds. The van der Waals surface area contributed by atoms with E-state index >= 15 is 0 Å². The number of nitrogens with zero attached hydrogens (tertiary/aromatic N) is 1. The molecule has 4 atom stereocenters. The first-order valence-corrected chi connectivity index (χ1v) is 11.9. The van der Waals surface area contributed by atoms with E-state index in [2.05, 4.69) is 0 Å². The van der Waals surface area contributed by atoms with Gasteiger partial charge in [-0.25, -0.2) is 8.42 Å². The lowest BCUT2D eigenvalue weighted by atomic mass is 9.77. The zero-order valence-electron chi connectivity index (χ0n) is 17.3. The fourth-order valence-electron chi connectivity index (χ4n) is 5.44. The number of carbonyl (C=O) groups is 1. The van der Waals surface area contributed by atoms with Crippen LogP contribution in [-0.4, -0.2) is 42.0 Å². The zero-order chi connectivity index (χ0) is 22.9. The molecule has 1 spiro atoms. The predicted molar refractivity (Wildman–Crippen MR) is 111 cm³/mol. The molecule has 0 N–H and O–H groups in total. The Hall–Kier alpha value is -2.23. The molecule has 3 aliphatic heterocycles. The van der Waals surface area contributed by atoms with Crippen molar-refractivity contribution in [2.45, 2.75) is 55.4 Å². The van der Waals surface area contributed by atoms with Gasteiger partial charge in [-0.05, 0) is 37.0 Å². The molecule has 5 rings (SSSR count). The largest absolute Gasteiger partial charge is 0.416 e. The van der Waals surface area contributed by atoms with E-state index in [0.29, 0.717) is 24.0 Å². The van der Waals surface area contributed by atoms with E-state index in [1.165, 1.54) is 23.4 Å². The second-order valence-corrected chi connectivity index (χ2v) is 11.1. The van der Waals surface area contributed by atoms with Crippen molar-refractivity contribution in [1.82, 2.24) is 4.31 Å². The van der Waals surface area contributed by atoms with Crippen LogP contribution in [0, 0.1) is 0 Å². The van der Waals surface area contributed by atoms with Gasteiger partial charge in [0.25, 0.3) is 0 Å². The number of ketones is 1. The number of fused-ring (bicyclic) bond motifs is 1. The average Bonchev–Trinajstić information content (AvgIpc) is 3.34. The van der Waals surface area contributed by atoms with Crippen LogP contribution in [0.2, 0.25) is 0 Å². The Morgan fingerprint density at radius 2 is 1.91 bits per heavy atom. The van der Waals surface area contributed by atoms with Crippen LogP contribution < -0.4 is 0 Å². The minimum absolute atomic E-state index is 0.0217. The maximum Gasteiger partial charge on any atom is 0.416 e. The lowest BCUT2D eigenvalue weighted by Gasteiger charge is -2.26. The zero-order valence-corrected chi connectivity index (χ0v) is 18.1. The molecule has 9 heteroatoms. The van der Waals surface area contributed by atoms with Gasteiger partial charge in [0.1, 0.15) is 10.9 Å². The highest BCUT2D eigenvalue weighted by Gasteiger charge is 2.68. The fourth-order valence-corrected chi connectivity index (χ4v) is 7.73. The van der Waals surface area contributed by atoms with Crippen molar-refractivity contribution in [2.75, 3.05) is 6.54 Å². The van der Waals surface area contributed by atoms with Crippen LogP contribution in [0.3, 0.4) is 0 Å². The van der Waals surface area contributed by atoms with E-state index in [0.717, 1.165) is 17.7 Å². The number of hydrogen-bond donors (Lipinski definition) is 0. The molecule has 0 unspecified atom stereocenters. The highest BCUT2D eigenvalue weighted by Crippen LogP contribution is 2.57. The second kappa shape index (κ2) is 7.13. The molecule has 2 bridgehead atoms. The van der Waals surface area contributed by atoms with Gasteiger partial charge in [-0.2, -0.15) is 17.5 Å². The summed E-state index contributed by atoms with van der Waals surface area (Å²) in [6.45, 7) is 1.52. The summed E-state index contributed by atoms with van der Waals surface area (Å²) in [7, 11) is -3.69. The van der Waals surface area contributed by atoms with Crippen molar-refractivity contribution in [3.63, 3.8) is 0 Å². The van der Waals surface area contributed by atoms with Crippen LogP contribution in [0.1, 0.15) is 52.7 Å². The van der Waals surface area contributed by atoms with Gasteiger partial charge in [-0.3, -0.25) is 4.79 Å². The highest BCUT2D eigenvalue weighted by atomic mass is 32.2. The summed E-state index contributed by atoms with van der Waals surface area (Å²) >= 11 is 0. The van der Waals surface area contributed by atoms with Gasteiger partial charge in [-0.1, -0.05) is 42.5 Å². The molecule has 0 aromatic heterocycles. The first-order valence-electron chi connectivity index (χ1n) is 10.4. The van der Waals surface area contributed by atoms with Crippen molar-refractivity contribution in [1.29, 1.82) is 0 Å². The molecule has 5 nitrogen and oxygen atoms in total. The molecule has 0 radical (unpaired) electrons. The van der Waals surface area contributed by atoms with Crippen molar-refractivity contribution in [2.24, 2.45) is 0 Å². The van der Waals surface area contributed by atoms with E-state index in [9.17, 15) is 26.4 Å². The minimum atomic E-state index is -4.48. The lowest BCUT2D eigenvalue weighted by molar-refractivity contribution is -0.137. The predicted octanol–water partition coefficient (Wildman–Crippen LogP) is 4.14. The van der Waals surface area contributed by atoms with Crippen LogP contribution in [0.5, 0.6) is 0 Å². The van der Waals surface area contributed by atoms with E-state index < -0.39 is 32.6 Å². The summed E-state index contributed by atoms with van der Waals surface area (Å²) in [5.74, 6) is 0.00230. The van der Waals surface area contributed by atoms with Gasteiger partial charge in [0.2, 0.25) is 10.0 Å². The molecule has 170 valence electrons. The molecular weight excluding hydrogens is 443 g/mol. The maximum absolute atomic E-state index is 13.2. The first-order chi connectivity index (χ1) is 15.0. The number of ether oxygens (including phenoxy) is 1. The normalized spacial score (nSPS) is 31.1. The standard InChI is InChI=1S/C23H22F3NO4S/c1-14(28)16-5-7-17(8-6-16)19-11-22-13-27(32(29,30)21(22)10-20(19)31-22)12-15-3-2-4-18(9-15)23(24,25)26/h2-9,19-21H,10-13H2,1H3/t19-,20-,21-,22-/m0/s1. The number of halogens is 3. The Balaban J connectivity index is 1.37. The summed E-state index contributed by atoms with van der Waals surface area (Å²) in [6.07, 6.45) is -3.82. The van der Waals surface area contributed by atoms with E-state index in [4.69, 9.17) is 4.74 Å².